The molecule has 0 aromatic carbocycles. The van der Waals surface area contributed by atoms with Gasteiger partial charge < -0.3 is 20.4 Å². The van der Waals surface area contributed by atoms with E-state index in [1.165, 1.54) is 0 Å². The Morgan fingerprint density at radius 2 is 1.67 bits per heavy atom. The van der Waals surface area contributed by atoms with Gasteiger partial charge >= 0.3 is 0 Å². The van der Waals surface area contributed by atoms with Crippen LogP contribution >= 0.6 is 0 Å². The Bertz CT molecular complexity index is 137. The average Bonchev–Trinajstić information content (AvgIpc) is 2.12. The minimum atomic E-state index is -1.38. The van der Waals surface area contributed by atoms with Gasteiger partial charge in [-0.3, -0.25) is 0 Å². The quantitative estimate of drug-likeness (QED) is 0.406. The first-order valence-corrected chi connectivity index (χ1v) is 3.89. The predicted octanol–water partition coefficient (Wildman–Crippen LogP) is -0.974. The highest BCUT2D eigenvalue weighted by molar-refractivity contribution is 4.89. The molecule has 4 heteroatoms. The summed E-state index contributed by atoms with van der Waals surface area (Å²) in [4.78, 5) is 0. The summed E-state index contributed by atoms with van der Waals surface area (Å²) in [6.45, 7) is 4.91. The molecule has 0 spiro atoms. The first-order valence-electron chi connectivity index (χ1n) is 3.89. The van der Waals surface area contributed by atoms with Crippen molar-refractivity contribution >= 4 is 0 Å². The number of aliphatic hydroxyl groups excluding tert-OH is 4. The van der Waals surface area contributed by atoms with Crippen LogP contribution in [0.5, 0.6) is 0 Å². The zero-order valence-corrected chi connectivity index (χ0v) is 7.09. The summed E-state index contributed by atoms with van der Waals surface area (Å²) in [7, 11) is 0. The highest BCUT2D eigenvalue weighted by Crippen LogP contribution is 2.07. The van der Waals surface area contributed by atoms with Crippen LogP contribution in [0.1, 0.15) is 13.3 Å². The Kier molecular flexibility index (Phi) is 5.08. The van der Waals surface area contributed by atoms with Crippen molar-refractivity contribution in [3.05, 3.63) is 12.7 Å². The van der Waals surface area contributed by atoms with Gasteiger partial charge in [0.15, 0.2) is 0 Å². The summed E-state index contributed by atoms with van der Waals surface area (Å²) in [6, 6.07) is 0. The molecule has 0 aliphatic rings. The molecule has 0 radical (unpaired) electrons. The van der Waals surface area contributed by atoms with E-state index < -0.39 is 24.4 Å². The Labute approximate surface area is 71.8 Å². The van der Waals surface area contributed by atoms with Crippen molar-refractivity contribution in [1.82, 2.24) is 0 Å². The van der Waals surface area contributed by atoms with Crippen molar-refractivity contribution in [3.63, 3.8) is 0 Å². The first-order chi connectivity index (χ1) is 5.54. The number of hydrogen-bond donors (Lipinski definition) is 4. The molecule has 0 saturated carbocycles. The van der Waals surface area contributed by atoms with Crippen LogP contribution in [0.15, 0.2) is 12.7 Å². The van der Waals surface area contributed by atoms with Crippen LogP contribution in [-0.2, 0) is 0 Å². The molecule has 0 saturated heterocycles. The Morgan fingerprint density at radius 3 is 2.00 bits per heavy atom. The molecule has 0 aliphatic heterocycles. The van der Waals surface area contributed by atoms with E-state index in [4.69, 9.17) is 15.3 Å². The number of rotatable bonds is 5. The predicted molar refractivity (Wildman–Crippen MR) is 44.5 cm³/mol. The van der Waals surface area contributed by atoms with Gasteiger partial charge in [-0.2, -0.15) is 0 Å². The van der Waals surface area contributed by atoms with Crippen LogP contribution in [0.2, 0.25) is 0 Å². The van der Waals surface area contributed by atoms with Gasteiger partial charge in [0.1, 0.15) is 18.3 Å². The molecule has 0 aliphatic carbocycles. The highest BCUT2D eigenvalue weighted by atomic mass is 16.4. The summed E-state index contributed by atoms with van der Waals surface area (Å²) in [5, 5.41) is 36.4. The normalized spacial score (nSPS) is 21.1. The van der Waals surface area contributed by atoms with Crippen molar-refractivity contribution in [2.75, 3.05) is 0 Å². The van der Waals surface area contributed by atoms with Gasteiger partial charge in [-0.1, -0.05) is 13.0 Å². The second-order valence-corrected chi connectivity index (χ2v) is 2.68. The number of aliphatic hydroxyl groups is 4. The molecule has 0 amide bonds. The third-order valence-corrected chi connectivity index (χ3v) is 1.75. The molecule has 12 heavy (non-hydrogen) atoms. The third kappa shape index (κ3) is 2.91. The van der Waals surface area contributed by atoms with Crippen LogP contribution in [-0.4, -0.2) is 44.8 Å². The van der Waals surface area contributed by atoms with E-state index in [2.05, 4.69) is 6.58 Å². The molecular weight excluding hydrogens is 160 g/mol. The van der Waals surface area contributed by atoms with Crippen LogP contribution in [0.4, 0.5) is 0 Å². The minimum absolute atomic E-state index is 0.322. The zero-order valence-electron chi connectivity index (χ0n) is 7.09. The molecule has 0 bridgehead atoms. The molecule has 0 fully saturated rings. The Balaban J connectivity index is 4.07. The summed E-state index contributed by atoms with van der Waals surface area (Å²) >= 11 is 0. The Morgan fingerprint density at radius 1 is 1.17 bits per heavy atom. The fourth-order valence-corrected chi connectivity index (χ4v) is 0.811. The molecule has 0 aromatic rings. The second kappa shape index (κ2) is 5.27. The highest BCUT2D eigenvalue weighted by Gasteiger charge is 2.27. The van der Waals surface area contributed by atoms with E-state index in [-0.39, 0.29) is 0 Å². The first kappa shape index (κ1) is 11.6. The van der Waals surface area contributed by atoms with Crippen molar-refractivity contribution < 1.29 is 20.4 Å². The van der Waals surface area contributed by atoms with Crippen LogP contribution < -0.4 is 0 Å². The molecule has 0 heterocycles. The van der Waals surface area contributed by atoms with Crippen molar-refractivity contribution in [2.24, 2.45) is 0 Å². The lowest BCUT2D eigenvalue weighted by molar-refractivity contribution is -0.0934. The van der Waals surface area contributed by atoms with Crippen molar-refractivity contribution in [2.45, 2.75) is 37.8 Å². The van der Waals surface area contributed by atoms with Gasteiger partial charge in [0.2, 0.25) is 0 Å². The van der Waals surface area contributed by atoms with Crippen LogP contribution in [0.3, 0.4) is 0 Å². The maximum Gasteiger partial charge on any atom is 0.112 e. The van der Waals surface area contributed by atoms with E-state index in [0.29, 0.717) is 6.42 Å². The van der Waals surface area contributed by atoms with Crippen LogP contribution in [0.25, 0.3) is 0 Å². The summed E-state index contributed by atoms with van der Waals surface area (Å²) in [5.74, 6) is 0. The summed E-state index contributed by atoms with van der Waals surface area (Å²) in [6.07, 6.45) is -3.51. The average molecular weight is 176 g/mol. The fourth-order valence-electron chi connectivity index (χ4n) is 0.811. The van der Waals surface area contributed by atoms with Gasteiger partial charge in [0, 0.05) is 0 Å². The molecule has 4 atom stereocenters. The lowest BCUT2D eigenvalue weighted by atomic mass is 10.0. The lowest BCUT2D eigenvalue weighted by Crippen LogP contribution is -2.43. The molecular formula is C8H16O4. The fraction of sp³-hybridized carbons (Fsp3) is 0.750. The van der Waals surface area contributed by atoms with Gasteiger partial charge in [-0.25, -0.2) is 0 Å². The third-order valence-electron chi connectivity index (χ3n) is 1.75. The lowest BCUT2D eigenvalue weighted by Gasteiger charge is -2.24. The van der Waals surface area contributed by atoms with Gasteiger partial charge in [-0.05, 0) is 6.42 Å². The van der Waals surface area contributed by atoms with E-state index in [9.17, 15) is 5.11 Å². The van der Waals surface area contributed by atoms with Crippen molar-refractivity contribution in [1.29, 1.82) is 0 Å². The molecule has 0 rings (SSSR count). The van der Waals surface area contributed by atoms with E-state index in [1.807, 2.05) is 0 Å². The van der Waals surface area contributed by atoms with Crippen molar-refractivity contribution in [3.8, 4) is 0 Å². The second-order valence-electron chi connectivity index (χ2n) is 2.68. The topological polar surface area (TPSA) is 80.9 Å². The maximum atomic E-state index is 9.18. The molecule has 4 N–H and O–H groups in total. The zero-order chi connectivity index (χ0) is 9.72. The smallest absolute Gasteiger partial charge is 0.112 e. The van der Waals surface area contributed by atoms with Crippen LogP contribution in [0, 0.1) is 0 Å². The maximum absolute atomic E-state index is 9.18. The SMILES string of the molecule is C=CC(O)C(O)C(O)C(O)CC. The van der Waals surface area contributed by atoms with Gasteiger partial charge in [0.25, 0.3) is 0 Å². The van der Waals surface area contributed by atoms with Gasteiger partial charge in [0.05, 0.1) is 6.10 Å². The standard InChI is InChI=1S/C8H16O4/c1-3-5(9)7(11)8(12)6(10)4-2/h3,5-12H,1,4H2,2H3. The molecule has 72 valence electrons. The Hall–Kier alpha value is -0.420. The van der Waals surface area contributed by atoms with E-state index in [1.54, 1.807) is 6.92 Å². The molecule has 4 nitrogen and oxygen atoms in total. The van der Waals surface area contributed by atoms with E-state index in [0.717, 1.165) is 6.08 Å². The minimum Gasteiger partial charge on any atom is -0.390 e. The number of hydrogen-bond acceptors (Lipinski definition) is 4. The molecule has 4 unspecified atom stereocenters. The van der Waals surface area contributed by atoms with Gasteiger partial charge in [-0.15, -0.1) is 6.58 Å². The molecule has 0 aromatic heterocycles. The summed E-state index contributed by atoms with van der Waals surface area (Å²) in [5.41, 5.74) is 0. The summed E-state index contributed by atoms with van der Waals surface area (Å²) < 4.78 is 0. The monoisotopic (exact) mass is 176 g/mol. The van der Waals surface area contributed by atoms with E-state index >= 15 is 0 Å². The largest absolute Gasteiger partial charge is 0.390 e.